The molecule has 0 unspecified atom stereocenters. The van der Waals surface area contributed by atoms with E-state index >= 15 is 0 Å². The van der Waals surface area contributed by atoms with Gasteiger partial charge in [-0.3, -0.25) is 9.69 Å². The first-order valence-corrected chi connectivity index (χ1v) is 16.5. The number of anilines is 1. The fraction of sp³-hybridized carbons (Fsp3) is 0.471. The van der Waals surface area contributed by atoms with Gasteiger partial charge in [0.15, 0.2) is 0 Å². The number of unbranched alkanes of at least 4 members (excludes halogenated alkanes) is 6. The van der Waals surface area contributed by atoms with Gasteiger partial charge in [0.25, 0.3) is 5.56 Å². The van der Waals surface area contributed by atoms with E-state index in [1.54, 1.807) is 17.4 Å². The van der Waals surface area contributed by atoms with Crippen LogP contribution in [0.5, 0.6) is 5.75 Å². The Bertz CT molecular complexity index is 1510. The van der Waals surface area contributed by atoms with Gasteiger partial charge in [-0.1, -0.05) is 45.1 Å². The Balaban J connectivity index is 1.06. The van der Waals surface area contributed by atoms with Crippen molar-refractivity contribution in [3.05, 3.63) is 70.3 Å². The van der Waals surface area contributed by atoms with Gasteiger partial charge in [-0.25, -0.2) is 9.36 Å². The number of piperazine rings is 1. The van der Waals surface area contributed by atoms with Gasteiger partial charge in [-0.05, 0) is 73.0 Å². The SMILES string of the molecule is CCCCCCCCNC(=O)n1c(=O)ccc2ccc(OCCCCN3CCN(c4cccc5sccc45)CC3)cc21. The zero-order valence-corrected chi connectivity index (χ0v) is 25.7. The van der Waals surface area contributed by atoms with Gasteiger partial charge >= 0.3 is 6.03 Å². The fourth-order valence-electron chi connectivity index (χ4n) is 5.79. The van der Waals surface area contributed by atoms with Crippen molar-refractivity contribution >= 4 is 44.0 Å². The lowest BCUT2D eigenvalue weighted by Crippen LogP contribution is -2.46. The number of carbonyl (C=O) groups excluding carboxylic acids is 1. The molecule has 0 atom stereocenters. The van der Waals surface area contributed by atoms with Crippen molar-refractivity contribution in [2.45, 2.75) is 58.3 Å². The van der Waals surface area contributed by atoms with E-state index in [4.69, 9.17) is 4.74 Å². The molecule has 0 spiro atoms. The van der Waals surface area contributed by atoms with Gasteiger partial charge < -0.3 is 15.0 Å². The lowest BCUT2D eigenvalue weighted by Gasteiger charge is -2.36. The minimum absolute atomic E-state index is 0.327. The summed E-state index contributed by atoms with van der Waals surface area (Å²) in [4.78, 5) is 30.6. The molecule has 1 saturated heterocycles. The van der Waals surface area contributed by atoms with Gasteiger partial charge in [0.2, 0.25) is 0 Å². The quantitative estimate of drug-likeness (QED) is 0.159. The molecule has 0 aliphatic carbocycles. The van der Waals surface area contributed by atoms with E-state index < -0.39 is 0 Å². The van der Waals surface area contributed by atoms with E-state index in [-0.39, 0.29) is 11.6 Å². The second kappa shape index (κ2) is 15.2. The number of pyridine rings is 1. The summed E-state index contributed by atoms with van der Waals surface area (Å²) in [5, 5.41) is 7.31. The number of aromatic nitrogens is 1. The first kappa shape index (κ1) is 30.1. The Hall–Kier alpha value is -3.36. The highest BCUT2D eigenvalue weighted by Gasteiger charge is 2.18. The molecule has 7 nitrogen and oxygen atoms in total. The van der Waals surface area contributed by atoms with E-state index in [9.17, 15) is 9.59 Å². The van der Waals surface area contributed by atoms with Gasteiger partial charge in [-0.2, -0.15) is 0 Å². The molecule has 8 heteroatoms. The van der Waals surface area contributed by atoms with Gasteiger partial charge in [0.1, 0.15) is 5.75 Å². The van der Waals surface area contributed by atoms with Crippen LogP contribution in [0.25, 0.3) is 21.0 Å². The van der Waals surface area contributed by atoms with E-state index in [0.717, 1.165) is 63.8 Å². The van der Waals surface area contributed by atoms with Crippen LogP contribution >= 0.6 is 11.3 Å². The fourth-order valence-corrected chi connectivity index (χ4v) is 6.59. The zero-order valence-electron chi connectivity index (χ0n) is 24.9. The van der Waals surface area contributed by atoms with Crippen LogP contribution < -0.4 is 20.5 Å². The summed E-state index contributed by atoms with van der Waals surface area (Å²) in [5.74, 6) is 0.682. The van der Waals surface area contributed by atoms with Crippen molar-refractivity contribution in [2.24, 2.45) is 0 Å². The molecule has 224 valence electrons. The number of carbonyl (C=O) groups is 1. The third kappa shape index (κ3) is 7.72. The average Bonchev–Trinajstić information content (AvgIpc) is 3.50. The predicted molar refractivity (Wildman–Crippen MR) is 176 cm³/mol. The van der Waals surface area contributed by atoms with Crippen LogP contribution in [-0.2, 0) is 0 Å². The number of rotatable bonds is 14. The van der Waals surface area contributed by atoms with Crippen LogP contribution in [0, 0.1) is 0 Å². The third-order valence-corrected chi connectivity index (χ3v) is 9.08. The van der Waals surface area contributed by atoms with Gasteiger partial charge in [0, 0.05) is 60.6 Å². The van der Waals surface area contributed by atoms with Crippen molar-refractivity contribution in [2.75, 3.05) is 50.8 Å². The monoisotopic (exact) mass is 588 g/mol. The highest BCUT2D eigenvalue weighted by Crippen LogP contribution is 2.31. The molecule has 1 aliphatic rings. The van der Waals surface area contributed by atoms with Crippen molar-refractivity contribution < 1.29 is 9.53 Å². The predicted octanol–water partition coefficient (Wildman–Crippen LogP) is 7.12. The van der Waals surface area contributed by atoms with E-state index in [2.05, 4.69) is 51.7 Å². The van der Waals surface area contributed by atoms with Gasteiger partial charge in [0.05, 0.1) is 12.1 Å². The minimum Gasteiger partial charge on any atom is -0.494 e. The normalized spacial score (nSPS) is 14.1. The van der Waals surface area contributed by atoms with Crippen LogP contribution in [0.4, 0.5) is 10.5 Å². The van der Waals surface area contributed by atoms with Crippen molar-refractivity contribution in [1.82, 2.24) is 14.8 Å². The second-order valence-electron chi connectivity index (χ2n) is 11.2. The molecule has 42 heavy (non-hydrogen) atoms. The van der Waals surface area contributed by atoms with Crippen molar-refractivity contribution in [3.8, 4) is 5.75 Å². The van der Waals surface area contributed by atoms with Crippen LogP contribution in [-0.4, -0.2) is 61.4 Å². The number of amides is 1. The number of nitrogens with zero attached hydrogens (tertiary/aromatic N) is 3. The summed E-state index contributed by atoms with van der Waals surface area (Å²) >= 11 is 1.81. The number of hydrogen-bond donors (Lipinski definition) is 1. The molecule has 1 N–H and O–H groups in total. The molecule has 0 bridgehead atoms. The highest BCUT2D eigenvalue weighted by atomic mass is 32.1. The number of ether oxygens (including phenoxy) is 1. The van der Waals surface area contributed by atoms with Crippen LogP contribution in [0.15, 0.2) is 64.8 Å². The molecule has 0 radical (unpaired) electrons. The number of nitrogens with one attached hydrogen (secondary N) is 1. The van der Waals surface area contributed by atoms with Crippen LogP contribution in [0.1, 0.15) is 58.3 Å². The first-order valence-electron chi connectivity index (χ1n) is 15.6. The van der Waals surface area contributed by atoms with Crippen LogP contribution in [0.2, 0.25) is 0 Å². The Morgan fingerprint density at radius 3 is 2.57 bits per heavy atom. The standard InChI is InChI=1S/C34H44N4O3S/c1-2-3-4-5-6-7-18-35-34(40)38-31-26-28(15-13-27(31)14-16-33(38)39)41-24-9-8-19-36-20-22-37(23-21-36)30-11-10-12-32-29(30)17-25-42-32/h10-17,25-26H,2-9,18-24H2,1H3,(H,35,40). The lowest BCUT2D eigenvalue weighted by atomic mass is 10.1. The minimum atomic E-state index is -0.372. The number of hydrogen-bond acceptors (Lipinski definition) is 6. The maximum atomic E-state index is 12.9. The molecule has 2 aromatic heterocycles. The molecular formula is C34H44N4O3S. The molecule has 0 saturated carbocycles. The van der Waals surface area contributed by atoms with Gasteiger partial charge in [-0.15, -0.1) is 11.3 Å². The topological polar surface area (TPSA) is 66.8 Å². The smallest absolute Gasteiger partial charge is 0.329 e. The van der Waals surface area contributed by atoms with Crippen LogP contribution in [0.3, 0.4) is 0 Å². The average molecular weight is 589 g/mol. The highest BCUT2D eigenvalue weighted by molar-refractivity contribution is 7.17. The Kier molecular flexibility index (Phi) is 10.9. The van der Waals surface area contributed by atoms with Crippen molar-refractivity contribution in [1.29, 1.82) is 0 Å². The molecule has 1 aliphatic heterocycles. The molecule has 1 amide bonds. The number of fused-ring (bicyclic) bond motifs is 2. The Morgan fingerprint density at radius 2 is 1.71 bits per heavy atom. The summed E-state index contributed by atoms with van der Waals surface area (Å²) in [6.45, 7) is 8.70. The maximum absolute atomic E-state index is 12.9. The van der Waals surface area contributed by atoms with Crippen molar-refractivity contribution in [3.63, 3.8) is 0 Å². The molecule has 3 heterocycles. The molecular weight excluding hydrogens is 544 g/mol. The molecule has 5 rings (SSSR count). The maximum Gasteiger partial charge on any atom is 0.329 e. The summed E-state index contributed by atoms with van der Waals surface area (Å²) in [7, 11) is 0. The number of benzene rings is 2. The van der Waals surface area contributed by atoms with E-state index in [1.807, 2.05) is 18.2 Å². The summed E-state index contributed by atoms with van der Waals surface area (Å²) in [6, 6.07) is 17.3. The zero-order chi connectivity index (χ0) is 29.1. The summed E-state index contributed by atoms with van der Waals surface area (Å²) in [6.07, 6.45) is 8.93. The number of thiophene rings is 1. The largest absolute Gasteiger partial charge is 0.494 e. The molecule has 2 aromatic carbocycles. The Labute approximate surface area is 253 Å². The summed E-state index contributed by atoms with van der Waals surface area (Å²) < 4.78 is 8.65. The van der Waals surface area contributed by atoms with E-state index in [1.165, 1.54) is 52.1 Å². The third-order valence-electron chi connectivity index (χ3n) is 8.20. The first-order chi connectivity index (χ1) is 20.6. The second-order valence-corrected chi connectivity index (χ2v) is 12.2. The molecule has 4 aromatic rings. The van der Waals surface area contributed by atoms with E-state index in [0.29, 0.717) is 24.4 Å². The summed E-state index contributed by atoms with van der Waals surface area (Å²) in [5.41, 5.74) is 1.61. The molecule has 1 fully saturated rings. The Morgan fingerprint density at radius 1 is 0.905 bits per heavy atom. The lowest BCUT2D eigenvalue weighted by molar-refractivity contribution is 0.238.